The summed E-state index contributed by atoms with van der Waals surface area (Å²) in [5.41, 5.74) is 7.22. The van der Waals surface area contributed by atoms with Gasteiger partial charge in [-0.15, -0.1) is 15.0 Å². The van der Waals surface area contributed by atoms with Crippen molar-refractivity contribution in [2.24, 2.45) is 0 Å². The van der Waals surface area contributed by atoms with E-state index in [1.54, 1.807) is 16.9 Å². The number of pyridine rings is 2. The molecule has 0 radical (unpaired) electrons. The number of hydrogen-bond acceptors (Lipinski definition) is 7. The first-order valence-electron chi connectivity index (χ1n) is 18.1. The molecule has 0 bridgehead atoms. The molecule has 0 amide bonds. The molecule has 0 fully saturated rings. The van der Waals surface area contributed by atoms with E-state index in [-0.39, 0.29) is 12.5 Å². The Morgan fingerprint density at radius 2 is 1.21 bits per heavy atom. The summed E-state index contributed by atoms with van der Waals surface area (Å²) in [5, 5.41) is 14.5. The second kappa shape index (κ2) is 15.5. The number of halogens is 3. The van der Waals surface area contributed by atoms with Gasteiger partial charge in [-0.1, -0.05) is 146 Å². The lowest BCUT2D eigenvalue weighted by Gasteiger charge is -2.34. The Morgan fingerprint density at radius 1 is 0.625 bits per heavy atom. The molecule has 5 aromatic carbocycles. The van der Waals surface area contributed by atoms with E-state index >= 15 is 0 Å². The lowest BCUT2D eigenvalue weighted by molar-refractivity contribution is -0.154. The molecule has 3 heterocycles. The number of alkyl halides is 3. The number of tetrazole rings is 1. The fourth-order valence-corrected chi connectivity index (χ4v) is 6.86. The first kappa shape index (κ1) is 36.1. The van der Waals surface area contributed by atoms with Crippen LogP contribution in [0.4, 0.5) is 13.2 Å². The summed E-state index contributed by atoms with van der Waals surface area (Å²) >= 11 is 0. The van der Waals surface area contributed by atoms with Gasteiger partial charge in [-0.05, 0) is 51.1 Å². The van der Waals surface area contributed by atoms with Gasteiger partial charge in [0.25, 0.3) is 0 Å². The van der Waals surface area contributed by atoms with Gasteiger partial charge in [-0.3, -0.25) is 4.98 Å². The summed E-state index contributed by atoms with van der Waals surface area (Å²) in [6.45, 7) is 0.711. The Labute approximate surface area is 321 Å². The van der Waals surface area contributed by atoms with Crippen LogP contribution in [0.1, 0.15) is 34.9 Å². The molecule has 0 aliphatic heterocycles. The number of aryl methyl sites for hydroxylation is 1. The number of aromatic nitrogens is 6. The van der Waals surface area contributed by atoms with Crippen LogP contribution in [0.2, 0.25) is 0 Å². The molecule has 0 aliphatic rings. The lowest BCUT2D eigenvalue weighted by Crippen LogP contribution is -2.39. The molecule has 278 valence electrons. The fourth-order valence-electron chi connectivity index (χ4n) is 6.86. The predicted molar refractivity (Wildman–Crippen MR) is 208 cm³/mol. The third-order valence-electron chi connectivity index (χ3n) is 9.51. The zero-order chi connectivity index (χ0) is 38.5. The van der Waals surface area contributed by atoms with E-state index in [2.05, 4.69) is 51.5 Å². The second-order valence-corrected chi connectivity index (χ2v) is 13.1. The molecule has 0 spiro atoms. The molecule has 56 heavy (non-hydrogen) atoms. The van der Waals surface area contributed by atoms with Crippen molar-refractivity contribution in [3.05, 3.63) is 186 Å². The minimum Gasteiger partial charge on any atom is -0.486 e. The number of benzene rings is 5. The van der Waals surface area contributed by atoms with E-state index in [0.29, 0.717) is 29.0 Å². The highest BCUT2D eigenvalue weighted by molar-refractivity contribution is 5.82. The van der Waals surface area contributed by atoms with Gasteiger partial charge in [0.2, 0.25) is 11.7 Å². The maximum absolute atomic E-state index is 12.8. The molecular weight excluding hydrogens is 714 g/mol. The maximum atomic E-state index is 12.8. The molecule has 0 saturated carbocycles. The Hall–Kier alpha value is -6.88. The van der Waals surface area contributed by atoms with E-state index in [1.807, 2.05) is 110 Å². The molecule has 0 atom stereocenters. The fraction of sp³-hybridized carbons (Fsp3) is 0.133. The number of hydrogen-bond donors (Lipinski definition) is 0. The van der Waals surface area contributed by atoms with E-state index in [9.17, 15) is 13.2 Å². The summed E-state index contributed by atoms with van der Waals surface area (Å²) in [6, 6.07) is 51.2. The van der Waals surface area contributed by atoms with Gasteiger partial charge < -0.3 is 9.47 Å². The molecule has 0 N–H and O–H groups in total. The number of fused-ring (bicyclic) bond motifs is 1. The maximum Gasteiger partial charge on any atom is 0.422 e. The van der Waals surface area contributed by atoms with E-state index in [4.69, 9.17) is 19.8 Å². The Morgan fingerprint density at radius 3 is 1.80 bits per heavy atom. The standard InChI is InChI=1S/C45H35F3N6O2/c1-2-36-28-40(42-39(49-36)26-27-41(50-42)56-30-44(46,47)48)55-29-31-22-24-32(25-23-31)37-20-12-13-21-38(37)43-51-53-54(52-43)45(33-14-6-3-7-15-33,34-16-8-4-9-17-34)35-18-10-5-11-19-35/h3-28H,2,29-30H2,1H3. The summed E-state index contributed by atoms with van der Waals surface area (Å²) < 4.78 is 49.5. The van der Waals surface area contributed by atoms with Gasteiger partial charge in [0, 0.05) is 23.4 Å². The smallest absolute Gasteiger partial charge is 0.422 e. The van der Waals surface area contributed by atoms with Crippen molar-refractivity contribution in [2.75, 3.05) is 6.61 Å². The van der Waals surface area contributed by atoms with Crippen LogP contribution in [-0.2, 0) is 18.6 Å². The molecule has 3 aromatic heterocycles. The zero-order valence-corrected chi connectivity index (χ0v) is 30.3. The monoisotopic (exact) mass is 748 g/mol. The Bertz CT molecular complexity index is 2470. The summed E-state index contributed by atoms with van der Waals surface area (Å²) in [5.74, 6) is 0.724. The highest BCUT2D eigenvalue weighted by atomic mass is 19.4. The number of ether oxygens (including phenoxy) is 2. The van der Waals surface area contributed by atoms with Crippen LogP contribution in [0.15, 0.2) is 158 Å². The van der Waals surface area contributed by atoms with E-state index < -0.39 is 18.3 Å². The topological polar surface area (TPSA) is 87.8 Å². The third kappa shape index (κ3) is 7.31. The molecule has 0 unspecified atom stereocenters. The van der Waals surface area contributed by atoms with Crippen LogP contribution in [0.25, 0.3) is 33.5 Å². The normalized spacial score (nSPS) is 11.8. The average Bonchev–Trinajstić information content (AvgIpc) is 3.74. The van der Waals surface area contributed by atoms with Crippen molar-refractivity contribution < 1.29 is 22.6 Å². The largest absolute Gasteiger partial charge is 0.486 e. The average molecular weight is 749 g/mol. The lowest BCUT2D eigenvalue weighted by atomic mass is 9.77. The van der Waals surface area contributed by atoms with Gasteiger partial charge in [0.1, 0.15) is 17.9 Å². The first-order valence-corrected chi connectivity index (χ1v) is 18.1. The van der Waals surface area contributed by atoms with Gasteiger partial charge in [0.15, 0.2) is 12.1 Å². The highest BCUT2D eigenvalue weighted by Crippen LogP contribution is 2.40. The summed E-state index contributed by atoms with van der Waals surface area (Å²) in [6.07, 6.45) is -3.85. The minimum atomic E-state index is -4.49. The Kier molecular flexibility index (Phi) is 9.97. The summed E-state index contributed by atoms with van der Waals surface area (Å²) in [4.78, 5) is 10.6. The highest BCUT2D eigenvalue weighted by Gasteiger charge is 2.41. The molecule has 0 saturated heterocycles. The van der Waals surface area contributed by atoms with Crippen LogP contribution >= 0.6 is 0 Å². The van der Waals surface area contributed by atoms with Gasteiger partial charge in [-0.25, -0.2) is 4.98 Å². The van der Waals surface area contributed by atoms with Crippen LogP contribution in [0, 0.1) is 0 Å². The molecule has 8 rings (SSSR count). The van der Waals surface area contributed by atoms with Crippen LogP contribution in [0.5, 0.6) is 11.6 Å². The van der Waals surface area contributed by atoms with Crippen molar-refractivity contribution in [3.63, 3.8) is 0 Å². The van der Waals surface area contributed by atoms with Gasteiger partial charge in [0.05, 0.1) is 5.52 Å². The van der Waals surface area contributed by atoms with Crippen LogP contribution in [0.3, 0.4) is 0 Å². The number of nitrogens with zero attached hydrogens (tertiary/aromatic N) is 6. The van der Waals surface area contributed by atoms with Crippen molar-refractivity contribution >= 4 is 11.0 Å². The SMILES string of the molecule is CCc1cc(OCc2ccc(-c3ccccc3-c3nnn(C(c4ccccc4)(c4ccccc4)c4ccccc4)n3)cc2)c2nc(OCC(F)(F)F)ccc2n1. The van der Waals surface area contributed by atoms with E-state index in [0.717, 1.165) is 44.6 Å². The molecule has 8 aromatic rings. The van der Waals surface area contributed by atoms with Crippen molar-refractivity contribution in [2.45, 2.75) is 31.7 Å². The minimum absolute atomic E-state index is 0.158. The molecular formula is C45H35F3N6O2. The summed E-state index contributed by atoms with van der Waals surface area (Å²) in [7, 11) is 0. The first-order chi connectivity index (χ1) is 27.3. The van der Waals surface area contributed by atoms with Gasteiger partial charge >= 0.3 is 6.18 Å². The quantitative estimate of drug-likeness (QED) is 0.115. The second-order valence-electron chi connectivity index (χ2n) is 13.1. The molecule has 8 nitrogen and oxygen atoms in total. The van der Waals surface area contributed by atoms with Crippen molar-refractivity contribution in [3.8, 4) is 34.1 Å². The molecule has 0 aliphatic carbocycles. The zero-order valence-electron chi connectivity index (χ0n) is 30.3. The Balaban J connectivity index is 1.10. The van der Waals surface area contributed by atoms with Crippen LogP contribution < -0.4 is 9.47 Å². The van der Waals surface area contributed by atoms with Crippen molar-refractivity contribution in [1.29, 1.82) is 0 Å². The third-order valence-corrected chi connectivity index (χ3v) is 9.51. The van der Waals surface area contributed by atoms with Crippen molar-refractivity contribution in [1.82, 2.24) is 30.2 Å². The number of rotatable bonds is 12. The predicted octanol–water partition coefficient (Wildman–Crippen LogP) is 9.87. The molecule has 11 heteroatoms. The van der Waals surface area contributed by atoms with Gasteiger partial charge in [-0.2, -0.15) is 13.2 Å². The van der Waals surface area contributed by atoms with E-state index in [1.165, 1.54) is 6.07 Å². The van der Waals surface area contributed by atoms with Crippen LogP contribution in [-0.4, -0.2) is 43.0 Å².